The molecular weight excluding hydrogens is 945 g/mol. The van der Waals surface area contributed by atoms with E-state index in [2.05, 4.69) is 92.8 Å². The fraction of sp³-hybridized carbons (Fsp3) is 0.714. The number of benzene rings is 1. The van der Waals surface area contributed by atoms with Crippen LogP contribution >= 0.6 is 0 Å². The molecule has 1 amide bonds. The van der Waals surface area contributed by atoms with Crippen molar-refractivity contribution in [3.05, 3.63) is 59.2 Å². The monoisotopic (exact) mass is 1050 g/mol. The van der Waals surface area contributed by atoms with Gasteiger partial charge < -0.3 is 38.6 Å². The highest BCUT2D eigenvalue weighted by molar-refractivity contribution is 5.70. The predicted molar refractivity (Wildman–Crippen MR) is 303 cm³/mol. The van der Waals surface area contributed by atoms with Crippen LogP contribution in [0.3, 0.4) is 0 Å². The van der Waals surface area contributed by atoms with E-state index in [1.165, 1.54) is 25.7 Å². The number of likely N-dealkylation sites (N-methyl/N-ethyl adjacent to an activating group) is 1. The molecule has 1 atom stereocenters. The Hall–Kier alpha value is -4.62. The van der Waals surface area contributed by atoms with E-state index in [0.29, 0.717) is 81.5 Å². The third-order valence-electron chi connectivity index (χ3n) is 12.5. The molecule has 0 fully saturated rings. The first kappa shape index (κ1) is 68.4. The zero-order valence-electron chi connectivity index (χ0n) is 47.9. The molecule has 0 bridgehead atoms. The first-order chi connectivity index (χ1) is 36.6. The number of allylic oxidation sites excluding steroid dienone is 4. The standard InChI is InChI=1S/C63H102N2O10/c1-7-12-16-20-23-24-25-26-27-28-29-30-31-32-36-40-59(66)72-52-55-49-56(53-73-60(67)42-41-58(39-35-19-15-10-4)75-63(69)64-45-46-65(6)11-5)51-57(50-55)54-74-61(68)43-44-62(70-47-37-33-21-17-13-8-2)71-48-38-34-22-18-14-9-3/h23-24,26-27,49-51,58,62H,7-20,25,28-32,35-48,52-54H2,1-6H3,(H,64,69)/b24-23-,27-26-. The van der Waals surface area contributed by atoms with Gasteiger partial charge in [-0.1, -0.05) is 123 Å². The molecule has 1 N–H and O–H groups in total. The van der Waals surface area contributed by atoms with E-state index in [1.807, 2.05) is 25.2 Å². The number of ether oxygens (including phenoxy) is 6. The van der Waals surface area contributed by atoms with Gasteiger partial charge in [0.1, 0.15) is 25.9 Å². The Kier molecular flexibility index (Phi) is 45.8. The van der Waals surface area contributed by atoms with Crippen LogP contribution in [0.2, 0.25) is 0 Å². The van der Waals surface area contributed by atoms with Crippen LogP contribution in [0.25, 0.3) is 0 Å². The minimum Gasteiger partial charge on any atom is -0.461 e. The number of esters is 3. The van der Waals surface area contributed by atoms with Crippen LogP contribution in [-0.2, 0) is 62.6 Å². The van der Waals surface area contributed by atoms with Crippen molar-refractivity contribution in [2.75, 3.05) is 39.9 Å². The molecule has 12 nitrogen and oxygen atoms in total. The summed E-state index contributed by atoms with van der Waals surface area (Å²) in [6.45, 7) is 13.5. The second-order valence-electron chi connectivity index (χ2n) is 19.5. The number of carbonyl (C=O) groups is 4. The summed E-state index contributed by atoms with van der Waals surface area (Å²) < 4.78 is 35.0. The van der Waals surface area contributed by atoms with Gasteiger partial charge in [-0.05, 0) is 119 Å². The topological polar surface area (TPSA) is 139 Å². The second kappa shape index (κ2) is 50.2. The van der Waals surface area contributed by atoms with Gasteiger partial charge in [0, 0.05) is 58.0 Å². The largest absolute Gasteiger partial charge is 0.461 e. The highest BCUT2D eigenvalue weighted by Gasteiger charge is 2.18. The van der Waals surface area contributed by atoms with Crippen molar-refractivity contribution < 1.29 is 47.6 Å². The van der Waals surface area contributed by atoms with Crippen molar-refractivity contribution in [3.63, 3.8) is 0 Å². The molecule has 0 radical (unpaired) electrons. The molecule has 1 aromatic carbocycles. The predicted octanol–water partition coefficient (Wildman–Crippen LogP) is 14.7. The first-order valence-electron chi connectivity index (χ1n) is 29.3. The number of hydrogen-bond donors (Lipinski definition) is 1. The number of alkyl carbamates (subject to hydrolysis) is 1. The van der Waals surface area contributed by atoms with Crippen molar-refractivity contribution in [2.24, 2.45) is 0 Å². The highest BCUT2D eigenvalue weighted by atomic mass is 16.7. The summed E-state index contributed by atoms with van der Waals surface area (Å²) in [6, 6.07) is 5.51. The summed E-state index contributed by atoms with van der Waals surface area (Å²) in [5.41, 5.74) is 2.02. The van der Waals surface area contributed by atoms with Crippen LogP contribution in [0.15, 0.2) is 42.5 Å². The molecule has 1 aromatic rings. The molecule has 0 spiro atoms. The van der Waals surface area contributed by atoms with E-state index in [0.717, 1.165) is 116 Å². The third-order valence-corrected chi connectivity index (χ3v) is 12.5. The zero-order valence-corrected chi connectivity index (χ0v) is 47.9. The Morgan fingerprint density at radius 2 is 1.00 bits per heavy atom. The van der Waals surface area contributed by atoms with Crippen LogP contribution in [-0.4, -0.2) is 81.2 Å². The molecule has 0 heterocycles. The molecule has 0 saturated heterocycles. The van der Waals surface area contributed by atoms with Crippen molar-refractivity contribution in [1.82, 2.24) is 10.2 Å². The number of amides is 1. The molecule has 0 saturated carbocycles. The van der Waals surface area contributed by atoms with Gasteiger partial charge in [-0.15, -0.1) is 23.7 Å². The number of unbranched alkanes of at least 4 members (excludes halogenated alkanes) is 15. The Morgan fingerprint density at radius 1 is 0.533 bits per heavy atom. The fourth-order valence-corrected chi connectivity index (χ4v) is 7.74. The van der Waals surface area contributed by atoms with Gasteiger partial charge in [-0.3, -0.25) is 14.4 Å². The lowest BCUT2D eigenvalue weighted by molar-refractivity contribution is -0.158. The van der Waals surface area contributed by atoms with Gasteiger partial charge in [0.2, 0.25) is 0 Å². The molecule has 0 aromatic heterocycles. The van der Waals surface area contributed by atoms with Crippen molar-refractivity contribution in [3.8, 4) is 23.7 Å². The van der Waals surface area contributed by atoms with Gasteiger partial charge in [-0.25, -0.2) is 4.79 Å². The summed E-state index contributed by atoms with van der Waals surface area (Å²) in [5.74, 6) is 11.6. The Morgan fingerprint density at radius 3 is 1.55 bits per heavy atom. The summed E-state index contributed by atoms with van der Waals surface area (Å²) >= 11 is 0. The summed E-state index contributed by atoms with van der Waals surface area (Å²) in [4.78, 5) is 54.0. The molecule has 0 aliphatic carbocycles. The van der Waals surface area contributed by atoms with Gasteiger partial charge in [-0.2, -0.15) is 0 Å². The Labute approximate surface area is 455 Å². The lowest BCUT2D eigenvalue weighted by Crippen LogP contribution is -2.35. The average Bonchev–Trinajstić information content (AvgIpc) is 3.41. The fourth-order valence-electron chi connectivity index (χ4n) is 7.74. The van der Waals surface area contributed by atoms with Crippen molar-refractivity contribution in [1.29, 1.82) is 0 Å². The van der Waals surface area contributed by atoms with Gasteiger partial charge in [0.25, 0.3) is 0 Å². The smallest absolute Gasteiger partial charge is 0.407 e. The zero-order chi connectivity index (χ0) is 54.7. The number of nitrogens with one attached hydrogen (secondary N) is 1. The minimum atomic E-state index is -0.602. The third kappa shape index (κ3) is 43.2. The maximum absolute atomic E-state index is 13.2. The summed E-state index contributed by atoms with van der Waals surface area (Å²) in [6.07, 6.45) is 32.9. The number of nitrogens with zero attached hydrogens (tertiary/aromatic N) is 1. The van der Waals surface area contributed by atoms with Crippen LogP contribution in [0.1, 0.15) is 238 Å². The maximum Gasteiger partial charge on any atom is 0.407 e. The lowest BCUT2D eigenvalue weighted by Gasteiger charge is -2.19. The van der Waals surface area contributed by atoms with Crippen molar-refractivity contribution in [2.45, 2.75) is 253 Å². The molecule has 1 rings (SSSR count). The molecule has 75 heavy (non-hydrogen) atoms. The van der Waals surface area contributed by atoms with E-state index < -0.39 is 30.4 Å². The number of carbonyl (C=O) groups excluding carboxylic acids is 4. The summed E-state index contributed by atoms with van der Waals surface area (Å²) in [7, 11) is 1.99. The Balaban J connectivity index is 2.94. The molecule has 1 unspecified atom stereocenters. The second-order valence-corrected chi connectivity index (χ2v) is 19.5. The van der Waals surface area contributed by atoms with E-state index >= 15 is 0 Å². The van der Waals surface area contributed by atoms with Crippen molar-refractivity contribution >= 4 is 24.0 Å². The molecule has 0 aliphatic rings. The number of rotatable bonds is 46. The number of hydrogen-bond acceptors (Lipinski definition) is 11. The van der Waals surface area contributed by atoms with Gasteiger partial charge in [0.05, 0.1) is 19.6 Å². The van der Waals surface area contributed by atoms with Crippen LogP contribution in [0.5, 0.6) is 0 Å². The summed E-state index contributed by atoms with van der Waals surface area (Å²) in [5, 5.41) is 2.83. The highest BCUT2D eigenvalue weighted by Crippen LogP contribution is 2.19. The van der Waals surface area contributed by atoms with Gasteiger partial charge >= 0.3 is 24.0 Å². The lowest BCUT2D eigenvalue weighted by atomic mass is 10.1. The molecule has 424 valence electrons. The van der Waals surface area contributed by atoms with E-state index in [4.69, 9.17) is 28.4 Å². The molecular formula is C63H102N2O10. The average molecular weight is 1050 g/mol. The van der Waals surface area contributed by atoms with Crippen LogP contribution < -0.4 is 5.32 Å². The van der Waals surface area contributed by atoms with E-state index in [9.17, 15) is 19.2 Å². The molecule has 12 heteroatoms. The van der Waals surface area contributed by atoms with Crippen LogP contribution in [0.4, 0.5) is 4.79 Å². The molecule has 0 aliphatic heterocycles. The Bertz CT molecular complexity index is 1770. The van der Waals surface area contributed by atoms with Crippen LogP contribution in [0, 0.1) is 23.7 Å². The quantitative estimate of drug-likeness (QED) is 0.0167. The minimum absolute atomic E-state index is 0.0258. The SMILES string of the molecule is CCCCC#CCCOC(CCC(=O)OCc1cc(COC(=O)CCCCCCC/C=C\C/C=C\CCCCC)cc(COC(=O)CCC(CCCCCC)OC(=O)NCCN(C)CC)c1)OCCC#CCCCC. The van der Waals surface area contributed by atoms with E-state index in [1.54, 1.807) is 0 Å². The van der Waals surface area contributed by atoms with E-state index in [-0.39, 0.29) is 38.6 Å². The first-order valence-corrected chi connectivity index (χ1v) is 29.3. The maximum atomic E-state index is 13.2. The van der Waals surface area contributed by atoms with Gasteiger partial charge in [0.15, 0.2) is 6.29 Å². The normalized spacial score (nSPS) is 11.6.